The van der Waals surface area contributed by atoms with E-state index in [-0.39, 0.29) is 24.8 Å². The van der Waals surface area contributed by atoms with Crippen LogP contribution in [0.3, 0.4) is 0 Å². The Bertz CT molecular complexity index is 852. The fraction of sp³-hybridized carbons (Fsp3) is 0.250. The molecule has 27 heavy (non-hydrogen) atoms. The van der Waals surface area contributed by atoms with E-state index in [4.69, 9.17) is 4.74 Å². The zero-order valence-corrected chi connectivity index (χ0v) is 18.1. The van der Waals surface area contributed by atoms with Gasteiger partial charge >= 0.3 is 0 Å². The van der Waals surface area contributed by atoms with Crippen molar-refractivity contribution >= 4 is 40.7 Å². The maximum atomic E-state index is 5.27. The molecule has 3 aromatic rings. The van der Waals surface area contributed by atoms with Crippen molar-refractivity contribution < 1.29 is 4.74 Å². The molecule has 0 fully saturated rings. The van der Waals surface area contributed by atoms with Gasteiger partial charge in [-0.05, 0) is 35.4 Å². The first kappa shape index (κ1) is 21.8. The smallest absolute Gasteiger partial charge is 0.118 e. The molecule has 4 nitrogen and oxygen atoms in total. The van der Waals surface area contributed by atoms with Crippen LogP contribution in [0.2, 0.25) is 0 Å². The quantitative estimate of drug-likeness (QED) is 0.521. The van der Waals surface area contributed by atoms with Crippen LogP contribution in [0.15, 0.2) is 65.5 Å². The Labute approximate surface area is 180 Å². The van der Waals surface area contributed by atoms with Gasteiger partial charge in [-0.25, -0.2) is 4.98 Å². The van der Waals surface area contributed by atoms with Crippen LogP contribution in [-0.4, -0.2) is 21.6 Å². The van der Waals surface area contributed by atoms with Gasteiger partial charge in [0.15, 0.2) is 0 Å². The predicted molar refractivity (Wildman–Crippen MR) is 116 cm³/mol. The number of halogens is 3. The number of nitrogens with zero attached hydrogens (tertiary/aromatic N) is 3. The molecule has 1 aliphatic rings. The Hall–Kier alpha value is -1.53. The summed E-state index contributed by atoms with van der Waals surface area (Å²) in [4.78, 5) is 6.84. The van der Waals surface area contributed by atoms with Crippen molar-refractivity contribution in [1.82, 2.24) is 14.5 Å². The zero-order valence-electron chi connectivity index (χ0n) is 14.9. The predicted octanol–water partition coefficient (Wildman–Crippen LogP) is 5.25. The van der Waals surface area contributed by atoms with Crippen molar-refractivity contribution in [2.75, 3.05) is 7.11 Å². The van der Waals surface area contributed by atoms with Crippen LogP contribution < -0.4 is 4.74 Å². The summed E-state index contributed by atoms with van der Waals surface area (Å²) >= 11 is 3.53. The summed E-state index contributed by atoms with van der Waals surface area (Å²) in [7, 11) is 1.70. The minimum absolute atomic E-state index is 0. The Kier molecular flexibility index (Phi) is 7.74. The molecule has 0 saturated heterocycles. The zero-order chi connectivity index (χ0) is 17.2. The molecule has 2 aromatic carbocycles. The molecular formula is C20H22BrCl2N3O. The van der Waals surface area contributed by atoms with E-state index in [1.165, 1.54) is 16.8 Å². The van der Waals surface area contributed by atoms with Crippen molar-refractivity contribution in [2.45, 2.75) is 25.7 Å². The van der Waals surface area contributed by atoms with Gasteiger partial charge in [-0.2, -0.15) is 0 Å². The van der Waals surface area contributed by atoms with Gasteiger partial charge < -0.3 is 9.30 Å². The first-order chi connectivity index (χ1) is 12.2. The monoisotopic (exact) mass is 469 g/mol. The van der Waals surface area contributed by atoms with Gasteiger partial charge in [0.05, 0.1) is 25.2 Å². The Balaban J connectivity index is 0.00000131. The molecule has 1 aliphatic heterocycles. The van der Waals surface area contributed by atoms with E-state index in [0.717, 1.165) is 29.9 Å². The van der Waals surface area contributed by atoms with Crippen molar-refractivity contribution in [3.05, 3.63) is 82.3 Å². The van der Waals surface area contributed by atoms with E-state index in [1.807, 2.05) is 24.7 Å². The Morgan fingerprint density at radius 2 is 1.78 bits per heavy atom. The highest BCUT2D eigenvalue weighted by molar-refractivity contribution is 9.10. The summed E-state index contributed by atoms with van der Waals surface area (Å²) in [6.45, 7) is 2.72. The second-order valence-electron chi connectivity index (χ2n) is 6.36. The molecule has 0 aliphatic carbocycles. The highest BCUT2D eigenvalue weighted by Crippen LogP contribution is 2.31. The normalized spacial score (nSPS) is 16.0. The number of ether oxygens (including phenoxy) is 1. The minimum Gasteiger partial charge on any atom is -0.497 e. The molecule has 144 valence electrons. The summed E-state index contributed by atoms with van der Waals surface area (Å²) in [5.41, 5.74) is 3.88. The van der Waals surface area contributed by atoms with Crippen LogP contribution in [0.1, 0.15) is 22.9 Å². The Morgan fingerprint density at radius 3 is 2.44 bits per heavy atom. The fourth-order valence-corrected chi connectivity index (χ4v) is 3.66. The molecule has 0 spiro atoms. The van der Waals surface area contributed by atoms with Gasteiger partial charge in [0.1, 0.15) is 5.75 Å². The van der Waals surface area contributed by atoms with Gasteiger partial charge in [0, 0.05) is 30.3 Å². The summed E-state index contributed by atoms with van der Waals surface area (Å²) in [5, 5.41) is 0. The molecule has 2 heterocycles. The lowest BCUT2D eigenvalue weighted by atomic mass is 10.0. The lowest BCUT2D eigenvalue weighted by molar-refractivity contribution is 0.131. The van der Waals surface area contributed by atoms with Crippen LogP contribution in [0, 0.1) is 0 Å². The number of imidazole rings is 1. The molecule has 4 rings (SSSR count). The second-order valence-corrected chi connectivity index (χ2v) is 7.27. The van der Waals surface area contributed by atoms with Crippen molar-refractivity contribution in [2.24, 2.45) is 0 Å². The van der Waals surface area contributed by atoms with E-state index in [0.29, 0.717) is 6.04 Å². The molecule has 0 saturated carbocycles. The second kappa shape index (κ2) is 9.60. The third kappa shape index (κ3) is 4.85. The fourth-order valence-electron chi connectivity index (χ4n) is 3.40. The molecule has 0 amide bonds. The van der Waals surface area contributed by atoms with E-state index >= 15 is 0 Å². The van der Waals surface area contributed by atoms with Crippen LogP contribution in [0.5, 0.6) is 5.75 Å². The number of aromatic nitrogens is 2. The largest absolute Gasteiger partial charge is 0.497 e. The lowest BCUT2D eigenvalue weighted by Gasteiger charge is -2.37. The molecule has 1 atom stereocenters. The molecule has 7 heteroatoms. The third-order valence-corrected chi connectivity index (χ3v) is 5.30. The Morgan fingerprint density at radius 1 is 1.07 bits per heavy atom. The summed E-state index contributed by atoms with van der Waals surface area (Å²) in [6.07, 6.45) is 3.91. The van der Waals surface area contributed by atoms with Gasteiger partial charge in [0.25, 0.3) is 0 Å². The van der Waals surface area contributed by atoms with Crippen LogP contribution >= 0.6 is 40.7 Å². The van der Waals surface area contributed by atoms with E-state index in [9.17, 15) is 0 Å². The number of benzene rings is 2. The third-order valence-electron chi connectivity index (χ3n) is 4.77. The highest BCUT2D eigenvalue weighted by atomic mass is 79.9. The maximum Gasteiger partial charge on any atom is 0.118 e. The van der Waals surface area contributed by atoms with Crippen molar-refractivity contribution in [3.8, 4) is 5.75 Å². The first-order valence-corrected chi connectivity index (χ1v) is 9.13. The summed E-state index contributed by atoms with van der Waals surface area (Å²) < 4.78 is 8.64. The number of methoxy groups -OCH3 is 1. The molecular weight excluding hydrogens is 449 g/mol. The van der Waals surface area contributed by atoms with E-state index < -0.39 is 0 Å². The average molecular weight is 471 g/mol. The summed E-state index contributed by atoms with van der Waals surface area (Å²) in [6, 6.07) is 17.3. The van der Waals surface area contributed by atoms with E-state index in [1.54, 1.807) is 7.11 Å². The van der Waals surface area contributed by atoms with Crippen LogP contribution in [0.25, 0.3) is 0 Å². The van der Waals surface area contributed by atoms with Gasteiger partial charge in [-0.1, -0.05) is 40.2 Å². The molecule has 0 bridgehead atoms. The SMILES string of the molecule is COc1ccc(CN2Cc3cncn3CC2c2ccc(Br)cc2)cc1.Cl.Cl. The molecule has 0 radical (unpaired) electrons. The van der Waals surface area contributed by atoms with Crippen molar-refractivity contribution in [1.29, 1.82) is 0 Å². The first-order valence-electron chi connectivity index (χ1n) is 8.34. The maximum absolute atomic E-state index is 5.27. The lowest BCUT2D eigenvalue weighted by Crippen LogP contribution is -2.36. The van der Waals surface area contributed by atoms with E-state index in [2.05, 4.69) is 66.8 Å². The highest BCUT2D eigenvalue weighted by Gasteiger charge is 2.27. The van der Waals surface area contributed by atoms with Crippen LogP contribution in [0.4, 0.5) is 0 Å². The van der Waals surface area contributed by atoms with Gasteiger partial charge in [-0.3, -0.25) is 4.90 Å². The topological polar surface area (TPSA) is 30.3 Å². The molecule has 0 N–H and O–H groups in total. The van der Waals surface area contributed by atoms with Crippen molar-refractivity contribution in [3.63, 3.8) is 0 Å². The number of hydrogen-bond acceptors (Lipinski definition) is 3. The average Bonchev–Trinajstić information content (AvgIpc) is 3.10. The van der Waals surface area contributed by atoms with Crippen LogP contribution in [-0.2, 0) is 19.6 Å². The number of rotatable bonds is 4. The minimum atomic E-state index is 0. The number of fused-ring (bicyclic) bond motifs is 1. The summed E-state index contributed by atoms with van der Waals surface area (Å²) in [5.74, 6) is 0.893. The standard InChI is InChI=1S/C20H20BrN3O.2ClH/c1-25-19-8-2-15(3-9-19)11-23-12-18-10-22-14-24(18)13-20(23)16-4-6-17(21)7-5-16;;/h2-10,14,20H,11-13H2,1H3;2*1H. The number of hydrogen-bond donors (Lipinski definition) is 0. The van der Waals surface area contributed by atoms with Gasteiger partial charge in [0.2, 0.25) is 0 Å². The molecule has 1 aromatic heterocycles. The molecule has 1 unspecified atom stereocenters. The van der Waals surface area contributed by atoms with Gasteiger partial charge in [-0.15, -0.1) is 24.8 Å².